The van der Waals surface area contributed by atoms with Crippen LogP contribution >= 0.6 is 50.1 Å². The number of halogens is 3. The Labute approximate surface area is 162 Å². The molecule has 1 saturated heterocycles. The van der Waals surface area contributed by atoms with Crippen molar-refractivity contribution >= 4 is 76.5 Å². The molecule has 23 heavy (non-hydrogen) atoms. The van der Waals surface area contributed by atoms with Gasteiger partial charge in [0.25, 0.3) is 0 Å². The maximum Gasteiger partial charge on any atom is 0.222 e. The first-order valence-electron chi connectivity index (χ1n) is 6.92. The van der Waals surface area contributed by atoms with Gasteiger partial charge in [0.2, 0.25) is 5.28 Å². The number of nitrogens with zero attached hydrogens (tertiary/aromatic N) is 3. The van der Waals surface area contributed by atoms with Crippen LogP contribution in [0.4, 0.5) is 5.69 Å². The Hall–Kier alpha value is -0.190. The third-order valence-corrected chi connectivity index (χ3v) is 7.82. The summed E-state index contributed by atoms with van der Waals surface area (Å²) in [6, 6.07) is 2.18. The minimum Gasteiger partial charge on any atom is -0.367 e. The molecule has 1 aromatic heterocycles. The maximum atomic E-state index is 11.5. The number of hydrogen-bond acceptors (Lipinski definition) is 5. The van der Waals surface area contributed by atoms with E-state index < -0.39 is 9.84 Å². The van der Waals surface area contributed by atoms with Crippen LogP contribution in [0, 0.1) is 9.49 Å². The number of anilines is 1. The number of hydrogen-bond donors (Lipinski definition) is 0. The molecule has 5 nitrogen and oxygen atoms in total. The van der Waals surface area contributed by atoms with Crippen LogP contribution in [0.25, 0.3) is 10.9 Å². The fourth-order valence-corrected chi connectivity index (χ4v) is 5.18. The van der Waals surface area contributed by atoms with Gasteiger partial charge < -0.3 is 4.90 Å². The van der Waals surface area contributed by atoms with Gasteiger partial charge in [-0.15, -0.1) is 0 Å². The van der Waals surface area contributed by atoms with E-state index in [2.05, 4.69) is 53.4 Å². The molecule has 2 aromatic rings. The molecule has 0 bridgehead atoms. The van der Waals surface area contributed by atoms with Crippen molar-refractivity contribution in [3.8, 4) is 0 Å². The Bertz CT molecular complexity index is 893. The van der Waals surface area contributed by atoms with E-state index in [1.165, 1.54) is 6.26 Å². The summed E-state index contributed by atoms with van der Waals surface area (Å²) in [7, 11) is -2.97. The topological polar surface area (TPSA) is 63.2 Å². The highest BCUT2D eigenvalue weighted by molar-refractivity contribution is 14.1. The van der Waals surface area contributed by atoms with E-state index >= 15 is 0 Å². The zero-order valence-electron chi connectivity index (χ0n) is 12.4. The summed E-state index contributed by atoms with van der Waals surface area (Å²) in [5.41, 5.74) is 1.80. The third kappa shape index (κ3) is 3.45. The van der Waals surface area contributed by atoms with Crippen LogP contribution in [0.3, 0.4) is 0 Å². The molecule has 1 aliphatic heterocycles. The van der Waals surface area contributed by atoms with Crippen molar-refractivity contribution in [2.45, 2.75) is 13.0 Å². The lowest BCUT2D eigenvalue weighted by atomic mass is 9.90. The van der Waals surface area contributed by atoms with Crippen LogP contribution in [0.15, 0.2) is 16.7 Å². The van der Waals surface area contributed by atoms with Gasteiger partial charge in [0.1, 0.15) is 9.84 Å². The summed E-state index contributed by atoms with van der Waals surface area (Å²) in [6.45, 7) is 2.76. The van der Waals surface area contributed by atoms with Gasteiger partial charge in [0.05, 0.1) is 14.8 Å². The van der Waals surface area contributed by atoms with Crippen LogP contribution in [0.1, 0.15) is 6.92 Å². The maximum absolute atomic E-state index is 11.5. The predicted octanol–water partition coefficient (Wildman–Crippen LogP) is 3.52. The molecule has 0 unspecified atom stereocenters. The van der Waals surface area contributed by atoms with E-state index in [0.717, 1.165) is 24.6 Å². The summed E-state index contributed by atoms with van der Waals surface area (Å²) >= 11 is 11.7. The highest BCUT2D eigenvalue weighted by Crippen LogP contribution is 2.40. The largest absolute Gasteiger partial charge is 0.367 e. The van der Waals surface area contributed by atoms with Gasteiger partial charge in [0.15, 0.2) is 0 Å². The Balaban J connectivity index is 2.00. The van der Waals surface area contributed by atoms with E-state index in [1.807, 2.05) is 13.0 Å². The second kappa shape index (κ2) is 6.27. The van der Waals surface area contributed by atoms with Crippen LogP contribution in [0.5, 0.6) is 0 Å². The van der Waals surface area contributed by atoms with Crippen LogP contribution in [0.2, 0.25) is 5.28 Å². The highest BCUT2D eigenvalue weighted by Gasteiger charge is 2.38. The van der Waals surface area contributed by atoms with Gasteiger partial charge >= 0.3 is 0 Å². The molecular formula is C14H14BrClIN3O2S. The molecule has 1 aliphatic rings. The number of aromatic nitrogens is 2. The standard InChI is InChI=1S/C14H14BrClIN3O2S/c1-7-8(6-23(2,21)22)5-20(7)11-3-10(15)12(17)13-9(11)4-18-14(16)19-13/h3-4,7-8H,5-6H2,1-2H3/t7-,8-/m1/s1. The minimum absolute atomic E-state index is 0.145. The molecule has 0 radical (unpaired) electrons. The fourth-order valence-electron chi connectivity index (χ4n) is 2.91. The fraction of sp³-hybridized carbons (Fsp3) is 0.429. The van der Waals surface area contributed by atoms with E-state index in [1.54, 1.807) is 6.20 Å². The van der Waals surface area contributed by atoms with E-state index in [4.69, 9.17) is 11.6 Å². The summed E-state index contributed by atoms with van der Waals surface area (Å²) in [5.74, 6) is 0.363. The summed E-state index contributed by atoms with van der Waals surface area (Å²) in [4.78, 5) is 10.6. The molecule has 2 heterocycles. The lowest BCUT2D eigenvalue weighted by molar-refractivity contribution is 0.342. The van der Waals surface area contributed by atoms with Crippen molar-refractivity contribution in [2.75, 3.05) is 23.5 Å². The predicted molar refractivity (Wildman–Crippen MR) is 105 cm³/mol. The van der Waals surface area contributed by atoms with Gasteiger partial charge in [-0.2, -0.15) is 0 Å². The average molecular weight is 531 g/mol. The summed E-state index contributed by atoms with van der Waals surface area (Å²) in [6.07, 6.45) is 3.01. The molecule has 124 valence electrons. The van der Waals surface area contributed by atoms with E-state index in [9.17, 15) is 8.42 Å². The molecule has 0 spiro atoms. The zero-order chi connectivity index (χ0) is 16.9. The molecule has 3 rings (SSSR count). The van der Waals surface area contributed by atoms with E-state index in [0.29, 0.717) is 6.54 Å². The van der Waals surface area contributed by atoms with Crippen LogP contribution < -0.4 is 4.90 Å². The smallest absolute Gasteiger partial charge is 0.222 e. The molecule has 1 fully saturated rings. The van der Waals surface area contributed by atoms with Gasteiger partial charge in [0, 0.05) is 46.5 Å². The van der Waals surface area contributed by atoms with Crippen molar-refractivity contribution in [1.82, 2.24) is 9.97 Å². The zero-order valence-corrected chi connectivity index (χ0v) is 17.7. The quantitative estimate of drug-likeness (QED) is 0.449. The second-order valence-electron chi connectivity index (χ2n) is 5.84. The van der Waals surface area contributed by atoms with Crippen molar-refractivity contribution in [2.24, 2.45) is 5.92 Å². The first kappa shape index (κ1) is 17.6. The first-order chi connectivity index (χ1) is 10.7. The number of benzene rings is 1. The van der Waals surface area contributed by atoms with Crippen molar-refractivity contribution in [3.05, 3.63) is 25.6 Å². The normalized spacial score (nSPS) is 21.5. The SMILES string of the molecule is C[C@@H]1[C@@H](CS(C)(=O)=O)CN1c1cc(Br)c(I)c2nc(Cl)ncc12. The number of rotatable bonds is 3. The number of sulfone groups is 1. The molecule has 0 amide bonds. The Morgan fingerprint density at radius 2 is 2.22 bits per heavy atom. The van der Waals surface area contributed by atoms with Crippen molar-refractivity contribution < 1.29 is 8.42 Å². The Kier molecular flexibility index (Phi) is 4.81. The van der Waals surface area contributed by atoms with Crippen LogP contribution in [-0.2, 0) is 9.84 Å². The molecular weight excluding hydrogens is 517 g/mol. The van der Waals surface area contributed by atoms with Crippen LogP contribution in [-0.4, -0.2) is 43.0 Å². The molecule has 0 saturated carbocycles. The van der Waals surface area contributed by atoms with Gasteiger partial charge in [-0.3, -0.25) is 0 Å². The van der Waals surface area contributed by atoms with Gasteiger partial charge in [-0.1, -0.05) is 0 Å². The molecule has 0 N–H and O–H groups in total. The number of fused-ring (bicyclic) bond motifs is 1. The lowest BCUT2D eigenvalue weighted by Gasteiger charge is -2.48. The summed E-state index contributed by atoms with van der Waals surface area (Å²) in [5, 5.41) is 1.14. The van der Waals surface area contributed by atoms with Gasteiger partial charge in [-0.25, -0.2) is 18.4 Å². The minimum atomic E-state index is -2.97. The summed E-state index contributed by atoms with van der Waals surface area (Å²) < 4.78 is 24.9. The third-order valence-electron chi connectivity index (χ3n) is 4.15. The Morgan fingerprint density at radius 3 is 2.83 bits per heavy atom. The molecule has 9 heteroatoms. The monoisotopic (exact) mass is 529 g/mol. The molecule has 1 aromatic carbocycles. The molecule has 2 atom stereocenters. The second-order valence-corrected chi connectivity index (χ2v) is 10.3. The van der Waals surface area contributed by atoms with Gasteiger partial charge in [-0.05, 0) is 63.1 Å². The van der Waals surface area contributed by atoms with Crippen molar-refractivity contribution in [1.29, 1.82) is 0 Å². The lowest BCUT2D eigenvalue weighted by Crippen LogP contribution is -2.57. The molecule has 0 aliphatic carbocycles. The highest BCUT2D eigenvalue weighted by atomic mass is 127. The van der Waals surface area contributed by atoms with E-state index in [-0.39, 0.29) is 23.0 Å². The first-order valence-corrected chi connectivity index (χ1v) is 11.2. The Morgan fingerprint density at radius 1 is 1.52 bits per heavy atom. The average Bonchev–Trinajstić information content (AvgIpc) is 2.46. The van der Waals surface area contributed by atoms with Crippen molar-refractivity contribution in [3.63, 3.8) is 0 Å².